The van der Waals surface area contributed by atoms with Gasteiger partial charge in [0.1, 0.15) is 0 Å². The van der Waals surface area contributed by atoms with E-state index >= 15 is 0 Å². The molecule has 0 heterocycles. The summed E-state index contributed by atoms with van der Waals surface area (Å²) in [5.74, 6) is -0.680. The number of carbonyl (C=O) groups excluding carboxylic acids is 1. The Bertz CT molecular complexity index is 844. The highest BCUT2D eigenvalue weighted by Gasteiger charge is 2.10. The Morgan fingerprint density at radius 2 is 1.74 bits per heavy atom. The summed E-state index contributed by atoms with van der Waals surface area (Å²) in [6.07, 6.45) is 0.910. The number of carboxylic acids is 1. The minimum atomic E-state index is -1.08. The number of amides is 1. The molecule has 7 heteroatoms. The first-order valence-corrected chi connectivity index (χ1v) is 8.41. The second-order valence-electron chi connectivity index (χ2n) is 5.74. The number of methoxy groups -OCH3 is 1. The van der Waals surface area contributed by atoms with Crippen molar-refractivity contribution in [1.29, 1.82) is 0 Å². The highest BCUT2D eigenvalue weighted by Crippen LogP contribution is 2.28. The van der Waals surface area contributed by atoms with Gasteiger partial charge in [0.2, 0.25) is 0 Å². The summed E-state index contributed by atoms with van der Waals surface area (Å²) < 4.78 is 10.4. The minimum absolute atomic E-state index is 0.301. The van der Waals surface area contributed by atoms with Gasteiger partial charge in [0.05, 0.1) is 12.8 Å². The first kappa shape index (κ1) is 20.0. The number of hydrogen-bond acceptors (Lipinski definition) is 5. The van der Waals surface area contributed by atoms with Crippen LogP contribution in [-0.2, 0) is 11.2 Å². The third-order valence-corrected chi connectivity index (χ3v) is 3.88. The van der Waals surface area contributed by atoms with E-state index < -0.39 is 12.6 Å². The van der Waals surface area contributed by atoms with Gasteiger partial charge in [-0.05, 0) is 49.2 Å². The quantitative estimate of drug-likeness (QED) is 0.550. The number of ether oxygens (including phenoxy) is 2. The molecule has 0 saturated heterocycles. The number of benzene rings is 2. The second kappa shape index (κ2) is 9.38. The van der Waals surface area contributed by atoms with Crippen molar-refractivity contribution < 1.29 is 24.2 Å². The molecule has 7 nitrogen and oxygen atoms in total. The minimum Gasteiger partial charge on any atom is -0.493 e. The van der Waals surface area contributed by atoms with Crippen LogP contribution in [0.25, 0.3) is 0 Å². The van der Waals surface area contributed by atoms with Crippen LogP contribution in [0.3, 0.4) is 0 Å². The van der Waals surface area contributed by atoms with E-state index in [4.69, 9.17) is 14.6 Å². The van der Waals surface area contributed by atoms with Crippen molar-refractivity contribution in [3.05, 3.63) is 59.2 Å². The highest BCUT2D eigenvalue weighted by atomic mass is 16.5. The SMILES string of the molecule is CCc1ccc(C(=O)N/N=C(/C)c2ccc(OCC(=O)O)c(OC)c2)cc1. The van der Waals surface area contributed by atoms with Gasteiger partial charge in [-0.2, -0.15) is 5.10 Å². The van der Waals surface area contributed by atoms with E-state index in [2.05, 4.69) is 17.5 Å². The summed E-state index contributed by atoms with van der Waals surface area (Å²) in [4.78, 5) is 22.8. The number of hydrogen-bond donors (Lipinski definition) is 2. The predicted molar refractivity (Wildman–Crippen MR) is 102 cm³/mol. The molecule has 27 heavy (non-hydrogen) atoms. The molecule has 0 bridgehead atoms. The largest absolute Gasteiger partial charge is 0.493 e. The molecular formula is C20H22N2O5. The topological polar surface area (TPSA) is 97.2 Å². The zero-order chi connectivity index (χ0) is 19.8. The van der Waals surface area contributed by atoms with Gasteiger partial charge in [0, 0.05) is 11.1 Å². The Kier molecular flexibility index (Phi) is 6.93. The lowest BCUT2D eigenvalue weighted by molar-refractivity contribution is -0.139. The van der Waals surface area contributed by atoms with Gasteiger partial charge in [-0.3, -0.25) is 4.79 Å². The number of carbonyl (C=O) groups is 2. The number of hydrazone groups is 1. The Labute approximate surface area is 157 Å². The summed E-state index contributed by atoms with van der Waals surface area (Å²) in [5, 5.41) is 12.8. The predicted octanol–water partition coefficient (Wildman–Crippen LogP) is 2.88. The number of nitrogens with one attached hydrogen (secondary N) is 1. The van der Waals surface area contributed by atoms with Crippen molar-refractivity contribution >= 4 is 17.6 Å². The average Bonchev–Trinajstić information content (AvgIpc) is 2.69. The lowest BCUT2D eigenvalue weighted by Crippen LogP contribution is -2.19. The molecule has 142 valence electrons. The maximum Gasteiger partial charge on any atom is 0.341 e. The molecule has 0 spiro atoms. The summed E-state index contributed by atoms with van der Waals surface area (Å²) in [5.41, 5.74) is 5.48. The van der Waals surface area contributed by atoms with Gasteiger partial charge < -0.3 is 14.6 Å². The van der Waals surface area contributed by atoms with Crippen LogP contribution in [0, 0.1) is 0 Å². The fraction of sp³-hybridized carbons (Fsp3) is 0.250. The van der Waals surface area contributed by atoms with Crippen molar-refractivity contribution in [2.75, 3.05) is 13.7 Å². The summed E-state index contributed by atoms with van der Waals surface area (Å²) >= 11 is 0. The van der Waals surface area contributed by atoms with Gasteiger partial charge in [-0.15, -0.1) is 0 Å². The molecule has 0 atom stereocenters. The smallest absolute Gasteiger partial charge is 0.341 e. The molecule has 2 aromatic carbocycles. The van der Waals surface area contributed by atoms with Gasteiger partial charge in [-0.25, -0.2) is 10.2 Å². The summed E-state index contributed by atoms with van der Waals surface area (Å²) in [7, 11) is 1.46. The molecule has 0 radical (unpaired) electrons. The Morgan fingerprint density at radius 1 is 1.07 bits per heavy atom. The average molecular weight is 370 g/mol. The molecule has 0 aliphatic carbocycles. The lowest BCUT2D eigenvalue weighted by atomic mass is 10.1. The number of aliphatic carboxylic acids is 1. The summed E-state index contributed by atoms with van der Waals surface area (Å²) in [6, 6.07) is 12.3. The third-order valence-electron chi connectivity index (χ3n) is 3.88. The molecule has 0 fully saturated rings. The van der Waals surface area contributed by atoms with Crippen molar-refractivity contribution in [2.45, 2.75) is 20.3 Å². The van der Waals surface area contributed by atoms with E-state index in [0.717, 1.165) is 12.0 Å². The lowest BCUT2D eigenvalue weighted by Gasteiger charge is -2.11. The Morgan fingerprint density at radius 3 is 2.33 bits per heavy atom. The van der Waals surface area contributed by atoms with E-state index in [9.17, 15) is 9.59 Å². The molecule has 0 aliphatic heterocycles. The molecule has 1 amide bonds. The molecule has 2 rings (SSSR count). The van der Waals surface area contributed by atoms with Crippen molar-refractivity contribution in [3.63, 3.8) is 0 Å². The fourth-order valence-electron chi connectivity index (χ4n) is 2.31. The number of aryl methyl sites for hydroxylation is 1. The number of rotatable bonds is 8. The number of nitrogens with zero attached hydrogens (tertiary/aromatic N) is 1. The van der Waals surface area contributed by atoms with Crippen LogP contribution < -0.4 is 14.9 Å². The van der Waals surface area contributed by atoms with Crippen molar-refractivity contribution in [3.8, 4) is 11.5 Å². The standard InChI is InChI=1S/C20H22N2O5/c1-4-14-5-7-15(8-6-14)20(25)22-21-13(2)16-9-10-17(18(11-16)26-3)27-12-19(23)24/h5-11H,4,12H2,1-3H3,(H,22,25)(H,23,24)/b21-13-. The van der Waals surface area contributed by atoms with Crippen LogP contribution in [0.2, 0.25) is 0 Å². The number of carboxylic acid groups (broad SMARTS) is 1. The van der Waals surface area contributed by atoms with E-state index in [1.807, 2.05) is 12.1 Å². The van der Waals surface area contributed by atoms with Gasteiger partial charge in [-0.1, -0.05) is 19.1 Å². The summed E-state index contributed by atoms with van der Waals surface area (Å²) in [6.45, 7) is 3.33. The fourth-order valence-corrected chi connectivity index (χ4v) is 2.31. The Hall–Kier alpha value is -3.35. The third kappa shape index (κ3) is 5.57. The molecule has 0 saturated carbocycles. The zero-order valence-electron chi connectivity index (χ0n) is 15.5. The second-order valence-corrected chi connectivity index (χ2v) is 5.74. The van der Waals surface area contributed by atoms with Crippen molar-refractivity contribution in [1.82, 2.24) is 5.43 Å². The van der Waals surface area contributed by atoms with Crippen LogP contribution in [0.5, 0.6) is 11.5 Å². The maximum atomic E-state index is 12.2. The van der Waals surface area contributed by atoms with Crippen molar-refractivity contribution in [2.24, 2.45) is 5.10 Å². The maximum absolute atomic E-state index is 12.2. The van der Waals surface area contributed by atoms with Gasteiger partial charge in [0.15, 0.2) is 18.1 Å². The normalized spacial score (nSPS) is 11.0. The first-order chi connectivity index (χ1) is 12.9. The van der Waals surface area contributed by atoms with Crippen LogP contribution in [-0.4, -0.2) is 36.4 Å². The van der Waals surface area contributed by atoms with E-state index in [-0.39, 0.29) is 5.91 Å². The molecule has 2 N–H and O–H groups in total. The van der Waals surface area contributed by atoms with E-state index in [1.54, 1.807) is 37.3 Å². The first-order valence-electron chi connectivity index (χ1n) is 8.41. The molecule has 2 aromatic rings. The van der Waals surface area contributed by atoms with Crippen LogP contribution in [0.15, 0.2) is 47.6 Å². The molecule has 0 aromatic heterocycles. The van der Waals surface area contributed by atoms with Crippen LogP contribution >= 0.6 is 0 Å². The Balaban J connectivity index is 2.09. The van der Waals surface area contributed by atoms with E-state index in [0.29, 0.717) is 28.3 Å². The van der Waals surface area contributed by atoms with Crippen LogP contribution in [0.4, 0.5) is 0 Å². The molecular weight excluding hydrogens is 348 g/mol. The molecule has 0 aliphatic rings. The monoisotopic (exact) mass is 370 g/mol. The van der Waals surface area contributed by atoms with Gasteiger partial charge >= 0.3 is 5.97 Å². The van der Waals surface area contributed by atoms with Crippen LogP contribution in [0.1, 0.15) is 35.3 Å². The molecule has 0 unspecified atom stereocenters. The van der Waals surface area contributed by atoms with E-state index in [1.165, 1.54) is 7.11 Å². The zero-order valence-corrected chi connectivity index (χ0v) is 15.5. The van der Waals surface area contributed by atoms with Gasteiger partial charge in [0.25, 0.3) is 5.91 Å². The highest BCUT2D eigenvalue weighted by molar-refractivity contribution is 6.01.